The highest BCUT2D eigenvalue weighted by Gasteiger charge is 2.28. The van der Waals surface area contributed by atoms with Gasteiger partial charge < -0.3 is 10.6 Å². The number of benzene rings is 1. The number of likely N-dealkylation sites (N-methyl/N-ethyl adjacent to an activating group) is 1. The Hall–Kier alpha value is -1.90. The molecule has 1 unspecified atom stereocenters. The van der Waals surface area contributed by atoms with Crippen LogP contribution >= 0.6 is 0 Å². The van der Waals surface area contributed by atoms with Crippen LogP contribution in [0.3, 0.4) is 0 Å². The van der Waals surface area contributed by atoms with E-state index in [1.54, 1.807) is 0 Å². The van der Waals surface area contributed by atoms with Crippen molar-refractivity contribution in [1.82, 2.24) is 15.5 Å². The molecule has 21 heavy (non-hydrogen) atoms. The van der Waals surface area contributed by atoms with Gasteiger partial charge in [0.25, 0.3) is 0 Å². The van der Waals surface area contributed by atoms with E-state index in [1.807, 2.05) is 32.0 Å². The van der Waals surface area contributed by atoms with Gasteiger partial charge in [0.15, 0.2) is 0 Å². The minimum atomic E-state index is -0.131. The Bertz CT molecular complexity index is 550. The van der Waals surface area contributed by atoms with Crippen LogP contribution < -0.4 is 10.6 Å². The van der Waals surface area contributed by atoms with Crippen LogP contribution in [0.5, 0.6) is 0 Å². The second kappa shape index (κ2) is 7.21. The lowest BCUT2D eigenvalue weighted by Crippen LogP contribution is -2.57. The smallest absolute Gasteiger partial charge is 0.238 e. The van der Waals surface area contributed by atoms with Crippen LogP contribution in [0, 0.1) is 18.3 Å². The van der Waals surface area contributed by atoms with E-state index >= 15 is 0 Å². The number of nitrogens with one attached hydrogen (secondary N) is 2. The van der Waals surface area contributed by atoms with Gasteiger partial charge in [0.05, 0.1) is 11.6 Å². The molecule has 5 nitrogen and oxygen atoms in total. The topological polar surface area (TPSA) is 68.2 Å². The van der Waals surface area contributed by atoms with Crippen molar-refractivity contribution in [2.24, 2.45) is 0 Å². The second-order valence-corrected chi connectivity index (χ2v) is 5.34. The number of carbonyl (C=O) groups excluding carboxylic acids is 1. The van der Waals surface area contributed by atoms with Crippen molar-refractivity contribution >= 4 is 5.91 Å². The first-order chi connectivity index (χ1) is 10.2. The molecule has 1 aliphatic heterocycles. The van der Waals surface area contributed by atoms with Gasteiger partial charge in [-0.25, -0.2) is 0 Å². The Labute approximate surface area is 125 Å². The summed E-state index contributed by atoms with van der Waals surface area (Å²) in [7, 11) is 0. The molecule has 0 bridgehead atoms. The average molecular weight is 286 g/mol. The molecule has 0 saturated carbocycles. The largest absolute Gasteiger partial charge is 0.355 e. The van der Waals surface area contributed by atoms with Gasteiger partial charge in [0, 0.05) is 32.7 Å². The van der Waals surface area contributed by atoms with E-state index in [2.05, 4.69) is 21.6 Å². The molecular weight excluding hydrogens is 264 g/mol. The summed E-state index contributed by atoms with van der Waals surface area (Å²) in [4.78, 5) is 14.4. The third kappa shape index (κ3) is 3.81. The Balaban J connectivity index is 2.12. The first kappa shape index (κ1) is 15.5. The third-order valence-corrected chi connectivity index (χ3v) is 3.85. The number of amides is 1. The van der Waals surface area contributed by atoms with Crippen molar-refractivity contribution in [3.8, 4) is 6.07 Å². The van der Waals surface area contributed by atoms with Crippen LogP contribution in [-0.4, -0.2) is 43.0 Å². The third-order valence-electron chi connectivity index (χ3n) is 3.85. The Morgan fingerprint density at radius 2 is 2.38 bits per heavy atom. The van der Waals surface area contributed by atoms with Gasteiger partial charge in [-0.2, -0.15) is 5.26 Å². The van der Waals surface area contributed by atoms with Gasteiger partial charge in [0.2, 0.25) is 5.91 Å². The number of hydrogen-bond acceptors (Lipinski definition) is 4. The van der Waals surface area contributed by atoms with Crippen LogP contribution in [0.25, 0.3) is 0 Å². The Morgan fingerprint density at radius 1 is 1.57 bits per heavy atom. The summed E-state index contributed by atoms with van der Waals surface area (Å²) < 4.78 is 0. The zero-order valence-corrected chi connectivity index (χ0v) is 12.6. The maximum atomic E-state index is 12.1. The lowest BCUT2D eigenvalue weighted by Gasteiger charge is -2.35. The summed E-state index contributed by atoms with van der Waals surface area (Å²) in [6, 6.07) is 7.76. The molecule has 2 rings (SSSR count). The number of aryl methyl sites for hydroxylation is 1. The molecule has 112 valence electrons. The number of rotatable bonds is 4. The normalized spacial score (nSPS) is 19.0. The maximum absolute atomic E-state index is 12.1. The van der Waals surface area contributed by atoms with Crippen molar-refractivity contribution in [2.75, 3.05) is 26.2 Å². The molecular formula is C16H22N4O. The van der Waals surface area contributed by atoms with E-state index in [0.717, 1.165) is 25.2 Å². The van der Waals surface area contributed by atoms with E-state index in [0.29, 0.717) is 18.7 Å². The van der Waals surface area contributed by atoms with E-state index in [1.165, 1.54) is 5.56 Å². The lowest BCUT2D eigenvalue weighted by molar-refractivity contribution is -0.127. The van der Waals surface area contributed by atoms with Crippen LogP contribution in [-0.2, 0) is 11.3 Å². The summed E-state index contributed by atoms with van der Waals surface area (Å²) in [5.41, 5.74) is 2.95. The fourth-order valence-electron chi connectivity index (χ4n) is 2.65. The van der Waals surface area contributed by atoms with Gasteiger partial charge in [-0.15, -0.1) is 0 Å². The molecule has 0 radical (unpaired) electrons. The number of carbonyl (C=O) groups is 1. The number of piperazine rings is 1. The molecule has 1 amide bonds. The van der Waals surface area contributed by atoms with Crippen molar-refractivity contribution < 1.29 is 4.79 Å². The molecule has 1 aromatic carbocycles. The summed E-state index contributed by atoms with van der Waals surface area (Å²) >= 11 is 0. The lowest BCUT2D eigenvalue weighted by atomic mass is 10.0. The molecule has 1 heterocycles. The van der Waals surface area contributed by atoms with Crippen LogP contribution in [0.15, 0.2) is 18.2 Å². The molecule has 1 fully saturated rings. The van der Waals surface area contributed by atoms with Crippen LogP contribution in [0.4, 0.5) is 0 Å². The Kier molecular flexibility index (Phi) is 5.32. The van der Waals surface area contributed by atoms with Gasteiger partial charge in [0.1, 0.15) is 6.04 Å². The van der Waals surface area contributed by atoms with Crippen LogP contribution in [0.1, 0.15) is 23.6 Å². The first-order valence-electron chi connectivity index (χ1n) is 7.37. The van der Waals surface area contributed by atoms with Crippen molar-refractivity contribution in [1.29, 1.82) is 5.26 Å². The van der Waals surface area contributed by atoms with E-state index in [4.69, 9.17) is 5.26 Å². The highest BCUT2D eigenvalue weighted by molar-refractivity contribution is 5.82. The van der Waals surface area contributed by atoms with Gasteiger partial charge >= 0.3 is 0 Å². The van der Waals surface area contributed by atoms with Gasteiger partial charge in [-0.1, -0.05) is 6.07 Å². The summed E-state index contributed by atoms with van der Waals surface area (Å²) in [6.45, 7) is 7.76. The van der Waals surface area contributed by atoms with Gasteiger partial charge in [-0.05, 0) is 37.1 Å². The number of nitriles is 1. The highest BCUT2D eigenvalue weighted by Crippen LogP contribution is 2.16. The van der Waals surface area contributed by atoms with Gasteiger partial charge in [-0.3, -0.25) is 9.69 Å². The molecule has 1 atom stereocenters. The summed E-state index contributed by atoms with van der Waals surface area (Å²) in [5, 5.41) is 15.1. The van der Waals surface area contributed by atoms with Crippen molar-refractivity contribution in [3.05, 3.63) is 34.9 Å². The summed E-state index contributed by atoms with van der Waals surface area (Å²) in [6.07, 6.45) is 0. The molecule has 0 aromatic heterocycles. The number of nitrogens with zero attached hydrogens (tertiary/aromatic N) is 2. The molecule has 1 saturated heterocycles. The summed E-state index contributed by atoms with van der Waals surface area (Å²) in [5.74, 6) is 0.0796. The minimum absolute atomic E-state index is 0.0796. The fourth-order valence-corrected chi connectivity index (χ4v) is 2.65. The molecule has 0 spiro atoms. The molecule has 1 aromatic rings. The SMILES string of the molecule is CCNC(=O)C1CNCCN1Cc1ccc(C#N)cc1C. The zero-order valence-electron chi connectivity index (χ0n) is 12.6. The quantitative estimate of drug-likeness (QED) is 0.858. The fraction of sp³-hybridized carbons (Fsp3) is 0.500. The maximum Gasteiger partial charge on any atom is 0.238 e. The Morgan fingerprint density at radius 3 is 3.05 bits per heavy atom. The monoisotopic (exact) mass is 286 g/mol. The molecule has 1 aliphatic rings. The number of hydrogen-bond donors (Lipinski definition) is 2. The molecule has 0 aliphatic carbocycles. The van der Waals surface area contributed by atoms with Crippen molar-refractivity contribution in [3.63, 3.8) is 0 Å². The zero-order chi connectivity index (χ0) is 15.2. The first-order valence-corrected chi connectivity index (χ1v) is 7.37. The second-order valence-electron chi connectivity index (χ2n) is 5.34. The van der Waals surface area contributed by atoms with E-state index < -0.39 is 0 Å². The van der Waals surface area contributed by atoms with E-state index in [9.17, 15) is 4.79 Å². The van der Waals surface area contributed by atoms with E-state index in [-0.39, 0.29) is 11.9 Å². The highest BCUT2D eigenvalue weighted by atomic mass is 16.2. The van der Waals surface area contributed by atoms with Crippen LogP contribution in [0.2, 0.25) is 0 Å². The standard InChI is InChI=1S/C16H22N4O/c1-3-19-16(21)15-10-18-6-7-20(15)11-14-5-4-13(9-17)8-12(14)2/h4-5,8,15,18H,3,6-7,10-11H2,1-2H3,(H,19,21). The predicted molar refractivity (Wildman–Crippen MR) is 81.6 cm³/mol. The van der Waals surface area contributed by atoms with Crippen molar-refractivity contribution in [2.45, 2.75) is 26.4 Å². The molecule has 2 N–H and O–H groups in total. The predicted octanol–water partition coefficient (Wildman–Crippen LogP) is 0.777. The average Bonchev–Trinajstić information content (AvgIpc) is 2.50. The minimum Gasteiger partial charge on any atom is -0.355 e. The molecule has 5 heteroatoms.